The average Bonchev–Trinajstić information content (AvgIpc) is 2.74. The van der Waals surface area contributed by atoms with Crippen LogP contribution in [0.15, 0.2) is 72.8 Å². The van der Waals surface area contributed by atoms with E-state index in [0.29, 0.717) is 22.8 Å². The van der Waals surface area contributed by atoms with Crippen LogP contribution in [0.3, 0.4) is 0 Å². The first-order valence-corrected chi connectivity index (χ1v) is 9.68. The molecule has 8 heteroatoms. The summed E-state index contributed by atoms with van der Waals surface area (Å²) in [6.45, 7) is -1.07. The van der Waals surface area contributed by atoms with Gasteiger partial charge < -0.3 is 19.5 Å². The summed E-state index contributed by atoms with van der Waals surface area (Å²) in [6, 6.07) is 19.6. The van der Waals surface area contributed by atoms with Gasteiger partial charge in [0.2, 0.25) is 0 Å². The zero-order valence-corrected chi connectivity index (χ0v) is 17.1. The van der Waals surface area contributed by atoms with Crippen LogP contribution >= 0.6 is 11.6 Å². The average molecular weight is 444 g/mol. The van der Waals surface area contributed by atoms with E-state index < -0.39 is 30.8 Å². The zero-order chi connectivity index (χ0) is 22.2. The van der Waals surface area contributed by atoms with Gasteiger partial charge in [0.25, 0.3) is 5.91 Å². The van der Waals surface area contributed by atoms with Crippen molar-refractivity contribution in [3.8, 4) is 17.2 Å². The standard InChI is InChI=1S/C23H19ClFNO5/c24-19-12-17(25)11-10-16(19)13-26(14-23(28)29)22(27)15-30-20-8-4-5-9-21(20)31-18-6-2-1-3-7-18/h1-12H,13-15H2,(H,28,29). The first-order valence-electron chi connectivity index (χ1n) is 9.30. The summed E-state index contributed by atoms with van der Waals surface area (Å²) < 4.78 is 24.7. The molecule has 1 N–H and O–H groups in total. The molecule has 0 unspecified atom stereocenters. The molecule has 0 bridgehead atoms. The molecule has 0 aromatic heterocycles. The van der Waals surface area contributed by atoms with Crippen LogP contribution in [0, 0.1) is 5.82 Å². The molecular formula is C23H19ClFNO5. The number of carbonyl (C=O) groups is 2. The van der Waals surface area contributed by atoms with Crippen molar-refractivity contribution < 1.29 is 28.6 Å². The third-order valence-electron chi connectivity index (χ3n) is 4.23. The second-order valence-electron chi connectivity index (χ2n) is 6.53. The minimum absolute atomic E-state index is 0.101. The molecule has 6 nitrogen and oxygen atoms in total. The van der Waals surface area contributed by atoms with Crippen molar-refractivity contribution in [3.63, 3.8) is 0 Å². The molecule has 31 heavy (non-hydrogen) atoms. The molecule has 0 fully saturated rings. The smallest absolute Gasteiger partial charge is 0.323 e. The number of hydrogen-bond donors (Lipinski definition) is 1. The summed E-state index contributed by atoms with van der Waals surface area (Å²) in [7, 11) is 0. The number of nitrogens with zero attached hydrogens (tertiary/aromatic N) is 1. The van der Waals surface area contributed by atoms with E-state index in [1.165, 1.54) is 12.1 Å². The van der Waals surface area contributed by atoms with Gasteiger partial charge in [0.1, 0.15) is 18.1 Å². The Bertz CT molecular complexity index is 1060. The molecule has 1 amide bonds. The normalized spacial score (nSPS) is 10.4. The molecule has 0 aliphatic carbocycles. The van der Waals surface area contributed by atoms with E-state index in [1.54, 1.807) is 36.4 Å². The maximum atomic E-state index is 13.3. The number of rotatable bonds is 9. The van der Waals surface area contributed by atoms with E-state index in [2.05, 4.69) is 0 Å². The highest BCUT2D eigenvalue weighted by Crippen LogP contribution is 2.31. The van der Waals surface area contributed by atoms with E-state index in [-0.39, 0.29) is 11.6 Å². The molecular weight excluding hydrogens is 425 g/mol. The number of carboxylic acid groups (broad SMARTS) is 1. The van der Waals surface area contributed by atoms with Crippen LogP contribution in [0.25, 0.3) is 0 Å². The van der Waals surface area contributed by atoms with Crippen LogP contribution in [-0.4, -0.2) is 35.0 Å². The highest BCUT2D eigenvalue weighted by atomic mass is 35.5. The number of hydrogen-bond acceptors (Lipinski definition) is 4. The topological polar surface area (TPSA) is 76.1 Å². The van der Waals surface area contributed by atoms with Gasteiger partial charge in [-0.2, -0.15) is 0 Å². The van der Waals surface area contributed by atoms with Crippen molar-refractivity contribution in [1.29, 1.82) is 0 Å². The Morgan fingerprint density at radius 3 is 2.32 bits per heavy atom. The molecule has 3 aromatic rings. The molecule has 0 atom stereocenters. The Hall–Kier alpha value is -3.58. The van der Waals surface area contributed by atoms with Gasteiger partial charge in [-0.05, 0) is 42.0 Å². The highest BCUT2D eigenvalue weighted by Gasteiger charge is 2.20. The van der Waals surface area contributed by atoms with Gasteiger partial charge in [-0.3, -0.25) is 9.59 Å². The van der Waals surface area contributed by atoms with Crippen molar-refractivity contribution in [2.75, 3.05) is 13.2 Å². The number of aliphatic carboxylic acids is 1. The first kappa shape index (κ1) is 22.1. The summed E-state index contributed by atoms with van der Waals surface area (Å²) in [4.78, 5) is 25.0. The Kier molecular flexibility index (Phi) is 7.45. The van der Waals surface area contributed by atoms with Crippen LogP contribution in [0.5, 0.6) is 17.2 Å². The summed E-state index contributed by atoms with van der Waals surface area (Å²) in [6.07, 6.45) is 0. The molecule has 160 valence electrons. The Labute approximate surface area is 183 Å². The number of para-hydroxylation sites is 3. The van der Waals surface area contributed by atoms with Crippen molar-refractivity contribution in [1.82, 2.24) is 4.90 Å². The fourth-order valence-corrected chi connectivity index (χ4v) is 2.98. The largest absolute Gasteiger partial charge is 0.480 e. The number of halogens is 2. The predicted molar refractivity (Wildman–Crippen MR) is 113 cm³/mol. The van der Waals surface area contributed by atoms with E-state index in [1.807, 2.05) is 18.2 Å². The molecule has 0 spiro atoms. The second kappa shape index (κ2) is 10.4. The van der Waals surface area contributed by atoms with Gasteiger partial charge in [0.15, 0.2) is 18.1 Å². The van der Waals surface area contributed by atoms with E-state index in [0.717, 1.165) is 11.0 Å². The minimum atomic E-state index is -1.20. The molecule has 0 aliphatic rings. The first-order chi connectivity index (χ1) is 14.9. The lowest BCUT2D eigenvalue weighted by Crippen LogP contribution is -2.38. The monoisotopic (exact) mass is 443 g/mol. The van der Waals surface area contributed by atoms with E-state index in [9.17, 15) is 19.1 Å². The Balaban J connectivity index is 1.70. The van der Waals surface area contributed by atoms with E-state index >= 15 is 0 Å². The molecule has 0 saturated heterocycles. The van der Waals surface area contributed by atoms with Gasteiger partial charge in [-0.25, -0.2) is 4.39 Å². The highest BCUT2D eigenvalue weighted by molar-refractivity contribution is 6.31. The Morgan fingerprint density at radius 1 is 0.968 bits per heavy atom. The number of carbonyl (C=O) groups excluding carboxylic acids is 1. The molecule has 0 heterocycles. The quantitative estimate of drug-likeness (QED) is 0.516. The molecule has 0 aliphatic heterocycles. The van der Waals surface area contributed by atoms with Crippen LogP contribution in [0.2, 0.25) is 5.02 Å². The predicted octanol–water partition coefficient (Wildman–Crippen LogP) is 4.76. The van der Waals surface area contributed by atoms with Gasteiger partial charge in [-0.1, -0.05) is 48.0 Å². The number of amides is 1. The van der Waals surface area contributed by atoms with Gasteiger partial charge in [-0.15, -0.1) is 0 Å². The SMILES string of the molecule is O=C(O)CN(Cc1ccc(F)cc1Cl)C(=O)COc1ccccc1Oc1ccccc1. The van der Waals surface area contributed by atoms with Crippen LogP contribution in [-0.2, 0) is 16.1 Å². The summed E-state index contributed by atoms with van der Waals surface area (Å²) >= 11 is 6.01. The molecule has 0 radical (unpaired) electrons. The third-order valence-corrected chi connectivity index (χ3v) is 4.58. The van der Waals surface area contributed by atoms with Crippen LogP contribution in [0.1, 0.15) is 5.56 Å². The van der Waals surface area contributed by atoms with Crippen LogP contribution < -0.4 is 9.47 Å². The molecule has 3 aromatic carbocycles. The number of benzene rings is 3. The number of carboxylic acids is 1. The molecule has 0 saturated carbocycles. The van der Waals surface area contributed by atoms with Gasteiger partial charge in [0.05, 0.1) is 0 Å². The van der Waals surface area contributed by atoms with Gasteiger partial charge >= 0.3 is 5.97 Å². The minimum Gasteiger partial charge on any atom is -0.480 e. The maximum absolute atomic E-state index is 13.3. The third kappa shape index (κ3) is 6.45. The summed E-state index contributed by atoms with van der Waals surface area (Å²) in [5.41, 5.74) is 0.422. The van der Waals surface area contributed by atoms with Crippen LogP contribution in [0.4, 0.5) is 4.39 Å². The lowest BCUT2D eigenvalue weighted by Gasteiger charge is -2.22. The fourth-order valence-electron chi connectivity index (χ4n) is 2.75. The fraction of sp³-hybridized carbons (Fsp3) is 0.130. The van der Waals surface area contributed by atoms with Crippen molar-refractivity contribution >= 4 is 23.5 Å². The van der Waals surface area contributed by atoms with Crippen molar-refractivity contribution in [3.05, 3.63) is 89.2 Å². The summed E-state index contributed by atoms with van der Waals surface area (Å²) in [5, 5.41) is 9.27. The number of ether oxygens (including phenoxy) is 2. The lowest BCUT2D eigenvalue weighted by molar-refractivity contribution is -0.145. The second-order valence-corrected chi connectivity index (χ2v) is 6.94. The maximum Gasteiger partial charge on any atom is 0.323 e. The van der Waals surface area contributed by atoms with E-state index in [4.69, 9.17) is 21.1 Å². The molecule has 3 rings (SSSR count). The van der Waals surface area contributed by atoms with Crippen molar-refractivity contribution in [2.24, 2.45) is 0 Å². The zero-order valence-electron chi connectivity index (χ0n) is 16.3. The Morgan fingerprint density at radius 2 is 1.65 bits per heavy atom. The van der Waals surface area contributed by atoms with Crippen molar-refractivity contribution in [2.45, 2.75) is 6.54 Å². The van der Waals surface area contributed by atoms with Gasteiger partial charge in [0, 0.05) is 11.6 Å². The lowest BCUT2D eigenvalue weighted by atomic mass is 10.2. The summed E-state index contributed by atoms with van der Waals surface area (Å²) in [5.74, 6) is -0.953.